The molecule has 3 heterocycles. The molecule has 43 heavy (non-hydrogen) atoms. The fourth-order valence-corrected chi connectivity index (χ4v) is 9.55. The van der Waals surface area contributed by atoms with E-state index < -0.39 is 37.3 Å². The van der Waals surface area contributed by atoms with Gasteiger partial charge in [0.15, 0.2) is 9.84 Å². The monoisotopic (exact) mass is 630 g/mol. The zero-order valence-electron chi connectivity index (χ0n) is 24.0. The van der Waals surface area contributed by atoms with E-state index >= 15 is 0 Å². The fourth-order valence-electron chi connectivity index (χ4n) is 6.28. The summed E-state index contributed by atoms with van der Waals surface area (Å²) in [6.07, 6.45) is 4.89. The Morgan fingerprint density at radius 3 is 2.51 bits per heavy atom. The number of aliphatic hydroxyl groups excluding tert-OH is 2. The SMILES string of the molecule is O=S(=O)(c1cnc2ccccc2c1)N1CCC2(CC1)C[C@@H](CC[C@H](O)COc1cccc(S(=O)(=O)C3(CO)CC3)c1)CO2. The molecule has 1 aromatic heterocycles. The molecule has 12 heteroatoms. The number of pyridine rings is 1. The highest BCUT2D eigenvalue weighted by Gasteiger charge is 2.54. The van der Waals surface area contributed by atoms with E-state index in [9.17, 15) is 27.0 Å². The van der Waals surface area contributed by atoms with Gasteiger partial charge in [-0.3, -0.25) is 4.98 Å². The number of sulfone groups is 1. The summed E-state index contributed by atoms with van der Waals surface area (Å²) in [4.78, 5) is 4.64. The first-order valence-corrected chi connectivity index (χ1v) is 17.7. The van der Waals surface area contributed by atoms with Crippen LogP contribution in [0.1, 0.15) is 44.9 Å². The third-order valence-electron chi connectivity index (χ3n) is 9.25. The van der Waals surface area contributed by atoms with Gasteiger partial charge in [-0.1, -0.05) is 24.3 Å². The quantitative estimate of drug-likeness (QED) is 0.326. The van der Waals surface area contributed by atoms with Crippen LogP contribution in [0.4, 0.5) is 0 Å². The lowest BCUT2D eigenvalue weighted by atomic mass is 9.84. The van der Waals surface area contributed by atoms with Gasteiger partial charge >= 0.3 is 0 Å². The summed E-state index contributed by atoms with van der Waals surface area (Å²) in [5, 5.41) is 20.9. The zero-order valence-corrected chi connectivity index (χ0v) is 25.6. The summed E-state index contributed by atoms with van der Waals surface area (Å²) in [6.45, 7) is 0.968. The standard InChI is InChI=1S/C31H38N2O8S2/c34-22-31(10-11-31)42(36,37)27-6-3-5-26(17-27)40-21-25(35)9-8-23-18-30(41-20-23)12-14-33(15-13-30)43(38,39)28-16-24-4-1-2-7-29(24)32-19-28/h1-7,16-17,19,23,25,34-35H,8-15,18,20-22H2/t23-,25+/m1/s1. The van der Waals surface area contributed by atoms with Gasteiger partial charge in [-0.05, 0) is 81.2 Å². The van der Waals surface area contributed by atoms with E-state index in [4.69, 9.17) is 9.47 Å². The maximum absolute atomic E-state index is 13.3. The molecule has 10 nitrogen and oxygen atoms in total. The molecule has 2 saturated heterocycles. The predicted octanol–water partition coefficient (Wildman–Crippen LogP) is 3.31. The van der Waals surface area contributed by atoms with E-state index in [1.807, 2.05) is 24.3 Å². The largest absolute Gasteiger partial charge is 0.491 e. The number of ether oxygens (including phenoxy) is 2. The molecule has 0 radical (unpaired) electrons. The molecule has 3 aliphatic rings. The third kappa shape index (κ3) is 6.05. The number of hydrogen-bond donors (Lipinski definition) is 2. The van der Waals surface area contributed by atoms with Crippen molar-refractivity contribution >= 4 is 30.8 Å². The number of piperidine rings is 1. The summed E-state index contributed by atoms with van der Waals surface area (Å²) in [7, 11) is -7.31. The van der Waals surface area contributed by atoms with E-state index in [-0.39, 0.29) is 27.9 Å². The van der Waals surface area contributed by atoms with Crippen molar-refractivity contribution in [2.75, 3.05) is 32.9 Å². The van der Waals surface area contributed by atoms with Crippen LogP contribution in [-0.4, -0.2) is 85.7 Å². The van der Waals surface area contributed by atoms with Gasteiger partial charge in [0.1, 0.15) is 17.3 Å². The number of nitrogens with zero attached hydrogens (tertiary/aromatic N) is 2. The molecule has 0 amide bonds. The second-order valence-corrected chi connectivity index (χ2v) is 16.5. The maximum atomic E-state index is 13.3. The highest BCUT2D eigenvalue weighted by molar-refractivity contribution is 7.93. The Morgan fingerprint density at radius 1 is 1.00 bits per heavy atom. The molecule has 3 aromatic rings. The molecular weight excluding hydrogens is 592 g/mol. The minimum atomic E-state index is -3.66. The first-order valence-electron chi connectivity index (χ1n) is 14.8. The van der Waals surface area contributed by atoms with E-state index in [0.29, 0.717) is 57.6 Å². The molecule has 2 aliphatic heterocycles. The summed E-state index contributed by atoms with van der Waals surface area (Å²) >= 11 is 0. The lowest BCUT2D eigenvalue weighted by Gasteiger charge is -2.38. The highest BCUT2D eigenvalue weighted by Crippen LogP contribution is 2.46. The van der Waals surface area contributed by atoms with Crippen molar-refractivity contribution in [3.63, 3.8) is 0 Å². The number of rotatable bonds is 11. The maximum Gasteiger partial charge on any atom is 0.244 e. The van der Waals surface area contributed by atoms with Gasteiger partial charge < -0.3 is 19.7 Å². The average molecular weight is 631 g/mol. The first kappa shape index (κ1) is 30.4. The average Bonchev–Trinajstić information content (AvgIpc) is 3.75. The highest BCUT2D eigenvalue weighted by atomic mass is 32.2. The van der Waals surface area contributed by atoms with Gasteiger partial charge in [0.25, 0.3) is 0 Å². The van der Waals surface area contributed by atoms with Crippen molar-refractivity contribution < 1.29 is 36.5 Å². The Morgan fingerprint density at radius 2 is 1.77 bits per heavy atom. The predicted molar refractivity (Wildman–Crippen MR) is 160 cm³/mol. The van der Waals surface area contributed by atoms with Gasteiger partial charge in [0.2, 0.25) is 10.0 Å². The molecule has 1 spiro atoms. The van der Waals surface area contributed by atoms with Crippen LogP contribution in [-0.2, 0) is 24.6 Å². The summed E-state index contributed by atoms with van der Waals surface area (Å²) in [5.74, 6) is 0.613. The number of para-hydroxylation sites is 1. The number of sulfonamides is 1. The second kappa shape index (κ2) is 11.7. The Balaban J connectivity index is 0.971. The van der Waals surface area contributed by atoms with Crippen LogP contribution in [0.5, 0.6) is 5.75 Å². The van der Waals surface area contributed by atoms with Gasteiger partial charge in [-0.15, -0.1) is 0 Å². The van der Waals surface area contributed by atoms with Gasteiger partial charge in [-0.25, -0.2) is 16.8 Å². The van der Waals surface area contributed by atoms with Crippen molar-refractivity contribution in [2.24, 2.45) is 5.92 Å². The molecule has 1 saturated carbocycles. The van der Waals surface area contributed by atoms with Crippen LogP contribution in [0.15, 0.2) is 70.6 Å². The van der Waals surface area contributed by atoms with Gasteiger partial charge in [-0.2, -0.15) is 4.31 Å². The van der Waals surface area contributed by atoms with Crippen LogP contribution in [0.3, 0.4) is 0 Å². The van der Waals surface area contributed by atoms with E-state index in [1.54, 1.807) is 18.2 Å². The summed E-state index contributed by atoms with van der Waals surface area (Å²) in [6, 6.07) is 15.3. The number of fused-ring (bicyclic) bond motifs is 1. The number of aromatic nitrogens is 1. The molecular formula is C31H38N2O8S2. The van der Waals surface area contributed by atoms with Crippen LogP contribution in [0.2, 0.25) is 0 Å². The molecule has 2 aromatic carbocycles. The van der Waals surface area contributed by atoms with E-state index in [1.165, 1.54) is 22.6 Å². The molecule has 0 unspecified atom stereocenters. The van der Waals surface area contributed by atoms with Crippen molar-refractivity contribution in [1.82, 2.24) is 9.29 Å². The van der Waals surface area contributed by atoms with Crippen LogP contribution in [0, 0.1) is 5.92 Å². The normalized spacial score (nSPS) is 22.5. The number of aliphatic hydroxyl groups is 2. The van der Waals surface area contributed by atoms with Gasteiger partial charge in [0.05, 0.1) is 40.1 Å². The summed E-state index contributed by atoms with van der Waals surface area (Å²) < 4.78 is 64.8. The Hall–Kier alpha value is -2.61. The van der Waals surface area contributed by atoms with Gasteiger partial charge in [0, 0.05) is 24.7 Å². The Kier molecular flexibility index (Phi) is 8.29. The molecule has 1 aliphatic carbocycles. The topological polar surface area (TPSA) is 143 Å². The molecule has 3 fully saturated rings. The van der Waals surface area contributed by atoms with Crippen LogP contribution < -0.4 is 4.74 Å². The van der Waals surface area contributed by atoms with Crippen LogP contribution in [0.25, 0.3) is 10.9 Å². The minimum Gasteiger partial charge on any atom is -0.491 e. The minimum absolute atomic E-state index is 0.0316. The molecule has 6 rings (SSSR count). The molecule has 0 bridgehead atoms. The molecule has 2 atom stereocenters. The Labute approximate surface area is 252 Å². The van der Waals surface area contributed by atoms with Crippen LogP contribution >= 0.6 is 0 Å². The second-order valence-electron chi connectivity index (χ2n) is 12.2. The van der Waals surface area contributed by atoms with Crippen molar-refractivity contribution in [3.05, 3.63) is 60.8 Å². The molecule has 232 valence electrons. The smallest absolute Gasteiger partial charge is 0.244 e. The van der Waals surface area contributed by atoms with E-state index in [2.05, 4.69) is 4.98 Å². The van der Waals surface area contributed by atoms with Crippen molar-refractivity contribution in [1.29, 1.82) is 0 Å². The van der Waals surface area contributed by atoms with Crippen molar-refractivity contribution in [2.45, 2.75) is 71.2 Å². The molecule has 2 N–H and O–H groups in total. The zero-order chi connectivity index (χ0) is 30.3. The van der Waals surface area contributed by atoms with E-state index in [0.717, 1.165) is 23.7 Å². The summed E-state index contributed by atoms with van der Waals surface area (Å²) in [5.41, 5.74) is 0.408. The first-order chi connectivity index (χ1) is 20.6. The lowest BCUT2D eigenvalue weighted by Crippen LogP contribution is -2.46. The number of benzene rings is 2. The van der Waals surface area contributed by atoms with Crippen molar-refractivity contribution in [3.8, 4) is 5.75 Å². The Bertz CT molecular complexity index is 1680. The third-order valence-corrected chi connectivity index (χ3v) is 13.7. The lowest BCUT2D eigenvalue weighted by molar-refractivity contribution is -0.0314. The number of hydrogen-bond acceptors (Lipinski definition) is 9. The fraction of sp³-hybridized carbons (Fsp3) is 0.516.